The van der Waals surface area contributed by atoms with Gasteiger partial charge in [0.15, 0.2) is 11.6 Å². The first-order chi connectivity index (χ1) is 13.1. The molecule has 1 heterocycles. The molecule has 0 aliphatic rings. The van der Waals surface area contributed by atoms with Gasteiger partial charge in [-0.05, 0) is 35.9 Å². The first-order valence-electron chi connectivity index (χ1n) is 8.16. The number of ether oxygens (including phenoxy) is 1. The van der Waals surface area contributed by atoms with Crippen LogP contribution >= 0.6 is 0 Å². The number of rotatable bonds is 6. The Balaban J connectivity index is 1.53. The van der Waals surface area contributed by atoms with Crippen LogP contribution < -0.4 is 26.2 Å². The molecule has 4 aromatic rings. The quantitative estimate of drug-likeness (QED) is 0.454. The van der Waals surface area contributed by atoms with Crippen LogP contribution in [-0.2, 0) is 6.54 Å². The van der Waals surface area contributed by atoms with Gasteiger partial charge < -0.3 is 20.4 Å². The van der Waals surface area contributed by atoms with Crippen molar-refractivity contribution in [1.82, 2.24) is 9.97 Å². The Labute approximate surface area is 152 Å². The highest BCUT2D eigenvalue weighted by molar-refractivity contribution is 5.84. The van der Waals surface area contributed by atoms with E-state index in [4.69, 9.17) is 4.74 Å². The minimum atomic E-state index is -0.590. The van der Waals surface area contributed by atoms with Crippen molar-refractivity contribution in [3.05, 3.63) is 74.6 Å². The molecule has 0 saturated carbocycles. The van der Waals surface area contributed by atoms with Crippen molar-refractivity contribution >= 4 is 28.1 Å². The molecule has 4 rings (SSSR count). The molecule has 0 spiro atoms. The lowest BCUT2D eigenvalue weighted by Crippen LogP contribution is -2.36. The van der Waals surface area contributed by atoms with Crippen molar-refractivity contribution < 1.29 is 9.13 Å². The Morgan fingerprint density at radius 3 is 2.74 bits per heavy atom. The van der Waals surface area contributed by atoms with E-state index in [1.54, 1.807) is 24.5 Å². The van der Waals surface area contributed by atoms with E-state index in [9.17, 15) is 14.0 Å². The number of benzene rings is 2. The van der Waals surface area contributed by atoms with Crippen LogP contribution in [0.15, 0.2) is 52.3 Å². The van der Waals surface area contributed by atoms with Gasteiger partial charge in [-0.2, -0.15) is 0 Å². The minimum absolute atomic E-state index is 0.116. The van der Waals surface area contributed by atoms with Crippen molar-refractivity contribution in [3.63, 3.8) is 0 Å². The van der Waals surface area contributed by atoms with Gasteiger partial charge in [0.1, 0.15) is 11.4 Å². The van der Waals surface area contributed by atoms with Crippen LogP contribution in [0.25, 0.3) is 11.0 Å². The maximum Gasteiger partial charge on any atom is 0.253 e. The maximum absolute atomic E-state index is 13.5. The Morgan fingerprint density at radius 1 is 1.11 bits per heavy atom. The molecule has 3 aromatic carbocycles. The van der Waals surface area contributed by atoms with Crippen LogP contribution in [0.4, 0.5) is 21.5 Å². The van der Waals surface area contributed by atoms with Gasteiger partial charge in [0.2, 0.25) is 0 Å². The second-order valence-corrected chi connectivity index (χ2v) is 5.99. The van der Waals surface area contributed by atoms with Crippen molar-refractivity contribution in [1.29, 1.82) is 0 Å². The van der Waals surface area contributed by atoms with Crippen molar-refractivity contribution in [3.8, 4) is 5.75 Å². The molecule has 0 amide bonds. The monoisotopic (exact) mass is 366 g/mol. The molecule has 7 nitrogen and oxygen atoms in total. The Morgan fingerprint density at radius 2 is 1.93 bits per heavy atom. The van der Waals surface area contributed by atoms with Gasteiger partial charge in [-0.1, -0.05) is 6.07 Å². The van der Waals surface area contributed by atoms with Crippen LogP contribution in [0.2, 0.25) is 0 Å². The van der Waals surface area contributed by atoms with Crippen LogP contribution in [0, 0.1) is 5.82 Å². The predicted octanol–water partition coefficient (Wildman–Crippen LogP) is 2.66. The number of hydrogen-bond donors (Lipinski definition) is 3. The number of H-pyrrole nitrogens is 1. The smallest absolute Gasteiger partial charge is 0.253 e. The number of fused-ring (bicyclic) bond motifs is 1. The maximum atomic E-state index is 13.5. The molecule has 0 atom stereocenters. The summed E-state index contributed by atoms with van der Waals surface area (Å²) in [6.45, 7) is 0.245. The first-order valence-corrected chi connectivity index (χ1v) is 8.16. The highest BCUT2D eigenvalue weighted by Crippen LogP contribution is 2.24. The lowest BCUT2D eigenvalue weighted by atomic mass is 10.1. The number of methoxy groups -OCH3 is 1. The average molecular weight is 366 g/mol. The van der Waals surface area contributed by atoms with Crippen LogP contribution in [0.1, 0.15) is 5.56 Å². The molecule has 136 valence electrons. The standard InChI is InChI=1S/C19H15FN4O3/c1-27-15-6-10(2-4-12(15)20)8-21-16-17(19(26)18(16)25)24-11-3-5-13-14(7-11)23-9-22-13/h2-7,9,21,24H,8H2,1H3,(H,22,23). The highest BCUT2D eigenvalue weighted by atomic mass is 19.1. The van der Waals surface area contributed by atoms with E-state index in [1.807, 2.05) is 6.07 Å². The average Bonchev–Trinajstić information content (AvgIpc) is 3.15. The fourth-order valence-electron chi connectivity index (χ4n) is 2.84. The molecular weight excluding hydrogens is 351 g/mol. The van der Waals surface area contributed by atoms with Gasteiger partial charge in [-0.25, -0.2) is 9.37 Å². The van der Waals surface area contributed by atoms with Gasteiger partial charge in [-0.3, -0.25) is 9.59 Å². The van der Waals surface area contributed by atoms with E-state index in [-0.39, 0.29) is 23.7 Å². The number of aromatic amines is 1. The normalized spacial score (nSPS) is 11.0. The fraction of sp³-hybridized carbons (Fsp3) is 0.105. The molecule has 0 saturated heterocycles. The molecule has 0 aliphatic heterocycles. The summed E-state index contributed by atoms with van der Waals surface area (Å²) in [4.78, 5) is 31.0. The molecule has 27 heavy (non-hydrogen) atoms. The molecule has 0 radical (unpaired) electrons. The second-order valence-electron chi connectivity index (χ2n) is 5.99. The largest absolute Gasteiger partial charge is 0.494 e. The zero-order valence-electron chi connectivity index (χ0n) is 14.3. The number of nitrogens with one attached hydrogen (secondary N) is 3. The van der Waals surface area contributed by atoms with Gasteiger partial charge in [0.05, 0.1) is 24.5 Å². The number of anilines is 3. The van der Waals surface area contributed by atoms with Gasteiger partial charge in [-0.15, -0.1) is 0 Å². The zero-order chi connectivity index (χ0) is 19.0. The van der Waals surface area contributed by atoms with E-state index in [2.05, 4.69) is 20.6 Å². The molecule has 1 aromatic heterocycles. The van der Waals surface area contributed by atoms with Gasteiger partial charge in [0, 0.05) is 12.2 Å². The highest BCUT2D eigenvalue weighted by Gasteiger charge is 2.21. The minimum Gasteiger partial charge on any atom is -0.494 e. The van der Waals surface area contributed by atoms with E-state index in [0.29, 0.717) is 11.3 Å². The lowest BCUT2D eigenvalue weighted by molar-refractivity contribution is 0.386. The van der Waals surface area contributed by atoms with Gasteiger partial charge >= 0.3 is 0 Å². The topological polar surface area (TPSA) is 96.1 Å². The molecule has 0 bridgehead atoms. The fourth-order valence-corrected chi connectivity index (χ4v) is 2.84. The Bertz CT molecular complexity index is 1210. The van der Waals surface area contributed by atoms with Crippen molar-refractivity contribution in [2.24, 2.45) is 0 Å². The molecule has 3 N–H and O–H groups in total. The SMILES string of the molecule is COc1cc(CNc2c(Nc3ccc4[nH]cnc4c3)c(=O)c2=O)ccc1F. The van der Waals surface area contributed by atoms with Gasteiger partial charge in [0.25, 0.3) is 10.9 Å². The summed E-state index contributed by atoms with van der Waals surface area (Å²) in [6.07, 6.45) is 1.58. The van der Waals surface area contributed by atoms with E-state index in [1.165, 1.54) is 19.2 Å². The molecule has 0 aliphatic carbocycles. The van der Waals surface area contributed by atoms with E-state index < -0.39 is 16.7 Å². The van der Waals surface area contributed by atoms with E-state index in [0.717, 1.165) is 11.0 Å². The molecule has 8 heteroatoms. The summed E-state index contributed by atoms with van der Waals surface area (Å²) in [6, 6.07) is 9.79. The lowest BCUT2D eigenvalue weighted by Gasteiger charge is -2.15. The van der Waals surface area contributed by atoms with Crippen LogP contribution in [0.5, 0.6) is 5.75 Å². The summed E-state index contributed by atoms with van der Waals surface area (Å²) < 4.78 is 18.4. The number of nitrogens with zero attached hydrogens (tertiary/aromatic N) is 1. The summed E-state index contributed by atoms with van der Waals surface area (Å²) in [5, 5.41) is 5.90. The third kappa shape index (κ3) is 3.01. The second kappa shape index (κ2) is 6.56. The molecule has 0 unspecified atom stereocenters. The third-order valence-corrected chi connectivity index (χ3v) is 4.29. The third-order valence-electron chi connectivity index (χ3n) is 4.29. The number of hydrogen-bond acceptors (Lipinski definition) is 6. The summed E-state index contributed by atoms with van der Waals surface area (Å²) in [7, 11) is 1.38. The summed E-state index contributed by atoms with van der Waals surface area (Å²) >= 11 is 0. The van der Waals surface area contributed by atoms with Crippen LogP contribution in [0.3, 0.4) is 0 Å². The Kier molecular flexibility index (Phi) is 4.08. The number of imidazole rings is 1. The predicted molar refractivity (Wildman–Crippen MR) is 101 cm³/mol. The first kappa shape index (κ1) is 16.8. The van der Waals surface area contributed by atoms with E-state index >= 15 is 0 Å². The van der Waals surface area contributed by atoms with Crippen molar-refractivity contribution in [2.45, 2.75) is 6.54 Å². The van der Waals surface area contributed by atoms with Crippen LogP contribution in [-0.4, -0.2) is 17.1 Å². The molecular formula is C19H15FN4O3. The summed E-state index contributed by atoms with van der Waals surface area (Å²) in [5.74, 6) is -0.351. The van der Waals surface area contributed by atoms with Crippen molar-refractivity contribution in [2.75, 3.05) is 17.7 Å². The number of aromatic nitrogens is 2. The zero-order valence-corrected chi connectivity index (χ0v) is 14.3. The summed E-state index contributed by atoms with van der Waals surface area (Å²) in [5.41, 5.74) is 2.19. The Hall–Kier alpha value is -3.68. The molecule has 0 fully saturated rings. The number of halogens is 1.